The van der Waals surface area contributed by atoms with E-state index in [1.807, 2.05) is 0 Å². The lowest BCUT2D eigenvalue weighted by Gasteiger charge is -2.25. The van der Waals surface area contributed by atoms with Gasteiger partial charge in [-0.1, -0.05) is 6.92 Å². The van der Waals surface area contributed by atoms with Gasteiger partial charge in [0.25, 0.3) is 0 Å². The zero-order chi connectivity index (χ0) is 16.5. The van der Waals surface area contributed by atoms with Crippen molar-refractivity contribution < 1.29 is 34.8 Å². The molecule has 5 N–H and O–H groups in total. The highest BCUT2D eigenvalue weighted by Gasteiger charge is 2.40. The van der Waals surface area contributed by atoms with Gasteiger partial charge in [0.15, 0.2) is 5.60 Å². The van der Waals surface area contributed by atoms with Gasteiger partial charge in [-0.3, -0.25) is 9.59 Å². The molecule has 0 aromatic heterocycles. The molecular weight excluding hydrogens is 284 g/mol. The van der Waals surface area contributed by atoms with Crippen molar-refractivity contribution in [3.8, 4) is 0 Å². The van der Waals surface area contributed by atoms with Gasteiger partial charge in [0.2, 0.25) is 0 Å². The summed E-state index contributed by atoms with van der Waals surface area (Å²) < 4.78 is 0. The normalized spacial score (nSPS) is 15.7. The number of hydrogen-bond acceptors (Lipinski definition) is 6. The molecule has 0 aromatic carbocycles. The molecule has 0 bridgehead atoms. The quantitative estimate of drug-likeness (QED) is 0.402. The van der Waals surface area contributed by atoms with Crippen LogP contribution >= 0.6 is 0 Å². The van der Waals surface area contributed by atoms with E-state index in [-0.39, 0.29) is 0 Å². The molecule has 0 amide bonds. The number of nitrogens with zero attached hydrogens (tertiary/aromatic N) is 1. The molecule has 0 radical (unpaired) electrons. The minimum absolute atomic E-state index is 1.14. The molecule has 1 fully saturated rings. The first-order valence-electron chi connectivity index (χ1n) is 6.53. The lowest BCUT2D eigenvalue weighted by Crippen LogP contribution is -2.43. The van der Waals surface area contributed by atoms with E-state index < -0.39 is 36.4 Å². The number of aliphatic carboxylic acids is 3. The summed E-state index contributed by atoms with van der Waals surface area (Å²) in [4.78, 5) is 32.9. The van der Waals surface area contributed by atoms with E-state index >= 15 is 0 Å². The fourth-order valence-electron chi connectivity index (χ4n) is 1.74. The second-order valence-corrected chi connectivity index (χ2v) is 4.66. The Bertz CT molecular complexity index is 351. The molecule has 1 rings (SSSR count). The maximum Gasteiger partial charge on any atom is 0.336 e. The van der Waals surface area contributed by atoms with Gasteiger partial charge in [-0.2, -0.15) is 0 Å². The third kappa shape index (κ3) is 8.23. The largest absolute Gasteiger partial charge is 0.481 e. The molecule has 0 aromatic rings. The minimum Gasteiger partial charge on any atom is -0.481 e. The van der Waals surface area contributed by atoms with Crippen molar-refractivity contribution in [1.82, 2.24) is 10.2 Å². The van der Waals surface area contributed by atoms with Crippen LogP contribution in [0, 0.1) is 0 Å². The molecule has 1 saturated heterocycles. The molecule has 122 valence electrons. The van der Waals surface area contributed by atoms with Gasteiger partial charge in [0.1, 0.15) is 0 Å². The van der Waals surface area contributed by atoms with Crippen LogP contribution < -0.4 is 5.32 Å². The maximum atomic E-state index is 10.3. The highest BCUT2D eigenvalue weighted by atomic mass is 16.4. The lowest BCUT2D eigenvalue weighted by atomic mass is 9.96. The van der Waals surface area contributed by atoms with E-state index in [2.05, 4.69) is 17.1 Å². The molecule has 0 unspecified atom stereocenters. The first-order valence-corrected chi connectivity index (χ1v) is 6.53. The topological polar surface area (TPSA) is 147 Å². The number of hydrogen-bond donors (Lipinski definition) is 5. The Kier molecular flexibility index (Phi) is 8.51. The number of aliphatic hydroxyl groups is 1. The van der Waals surface area contributed by atoms with Crippen molar-refractivity contribution in [3.05, 3.63) is 0 Å². The monoisotopic (exact) mass is 306 g/mol. The lowest BCUT2D eigenvalue weighted by molar-refractivity contribution is -0.170. The Hall–Kier alpha value is -1.71. The smallest absolute Gasteiger partial charge is 0.336 e. The van der Waals surface area contributed by atoms with Gasteiger partial charge in [-0.05, 0) is 6.54 Å². The van der Waals surface area contributed by atoms with Crippen LogP contribution in [0.4, 0.5) is 0 Å². The van der Waals surface area contributed by atoms with Crippen molar-refractivity contribution in [2.24, 2.45) is 0 Å². The first kappa shape index (κ1) is 19.3. The fourth-order valence-corrected chi connectivity index (χ4v) is 1.74. The molecule has 0 aliphatic carbocycles. The van der Waals surface area contributed by atoms with Crippen LogP contribution in [0.3, 0.4) is 0 Å². The molecule has 21 heavy (non-hydrogen) atoms. The average molecular weight is 306 g/mol. The second-order valence-electron chi connectivity index (χ2n) is 4.66. The zero-order valence-corrected chi connectivity index (χ0v) is 11.9. The second kappa shape index (κ2) is 9.27. The molecule has 9 nitrogen and oxygen atoms in total. The van der Waals surface area contributed by atoms with Crippen LogP contribution in [-0.4, -0.2) is 81.6 Å². The Morgan fingerprint density at radius 3 is 1.71 bits per heavy atom. The van der Waals surface area contributed by atoms with E-state index in [1.165, 1.54) is 32.7 Å². The summed E-state index contributed by atoms with van der Waals surface area (Å²) in [6, 6.07) is 0. The number of nitrogens with one attached hydrogen (secondary N) is 1. The highest BCUT2D eigenvalue weighted by Crippen LogP contribution is 2.15. The zero-order valence-electron chi connectivity index (χ0n) is 11.9. The van der Waals surface area contributed by atoms with Crippen molar-refractivity contribution in [3.63, 3.8) is 0 Å². The molecular formula is C12H22N2O7. The van der Waals surface area contributed by atoms with Gasteiger partial charge < -0.3 is 30.6 Å². The van der Waals surface area contributed by atoms with Gasteiger partial charge >= 0.3 is 17.9 Å². The Balaban J connectivity index is 0.000000423. The van der Waals surface area contributed by atoms with Gasteiger partial charge in [0, 0.05) is 26.2 Å². The van der Waals surface area contributed by atoms with Crippen LogP contribution in [-0.2, 0) is 14.4 Å². The van der Waals surface area contributed by atoms with Crippen LogP contribution in [0.1, 0.15) is 19.8 Å². The molecule has 0 saturated carbocycles. The number of carboxylic acids is 3. The first-order chi connectivity index (χ1) is 9.71. The molecule has 9 heteroatoms. The number of carbonyl (C=O) groups is 3. The summed E-state index contributed by atoms with van der Waals surface area (Å²) in [6.45, 7) is 8.24. The predicted molar refractivity (Wildman–Crippen MR) is 72.1 cm³/mol. The molecule has 0 spiro atoms. The fraction of sp³-hybridized carbons (Fsp3) is 0.750. The van der Waals surface area contributed by atoms with Crippen molar-refractivity contribution in [2.75, 3.05) is 32.7 Å². The maximum absolute atomic E-state index is 10.3. The number of piperazine rings is 1. The third-order valence-corrected chi connectivity index (χ3v) is 2.94. The van der Waals surface area contributed by atoms with Crippen molar-refractivity contribution in [1.29, 1.82) is 0 Å². The SMILES string of the molecule is CCN1CCNCC1.O=C(O)CC(O)(CC(=O)O)C(=O)O. The van der Waals surface area contributed by atoms with E-state index in [9.17, 15) is 14.4 Å². The van der Waals surface area contributed by atoms with Gasteiger partial charge in [0.05, 0.1) is 12.8 Å². The van der Waals surface area contributed by atoms with Crippen molar-refractivity contribution >= 4 is 17.9 Å². The Labute approximate surface area is 122 Å². The van der Waals surface area contributed by atoms with Crippen LogP contribution in [0.25, 0.3) is 0 Å². The molecule has 1 heterocycles. The van der Waals surface area contributed by atoms with Gasteiger partial charge in [-0.25, -0.2) is 4.79 Å². The summed E-state index contributed by atoms with van der Waals surface area (Å²) in [7, 11) is 0. The van der Waals surface area contributed by atoms with Gasteiger partial charge in [-0.15, -0.1) is 0 Å². The highest BCUT2D eigenvalue weighted by molar-refractivity contribution is 5.88. The number of likely N-dealkylation sites (N-methyl/N-ethyl adjacent to an activating group) is 1. The molecule has 1 aliphatic heterocycles. The van der Waals surface area contributed by atoms with Crippen molar-refractivity contribution in [2.45, 2.75) is 25.4 Å². The van der Waals surface area contributed by atoms with E-state index in [0.29, 0.717) is 0 Å². The van der Waals surface area contributed by atoms with Crippen LogP contribution in [0.5, 0.6) is 0 Å². The Morgan fingerprint density at radius 2 is 1.48 bits per heavy atom. The van der Waals surface area contributed by atoms with Crippen LogP contribution in [0.15, 0.2) is 0 Å². The predicted octanol–water partition coefficient (Wildman–Crippen LogP) is -1.34. The summed E-state index contributed by atoms with van der Waals surface area (Å²) in [5, 5.41) is 37.1. The molecule has 0 atom stereocenters. The number of rotatable bonds is 6. The van der Waals surface area contributed by atoms with E-state index in [4.69, 9.17) is 20.4 Å². The third-order valence-electron chi connectivity index (χ3n) is 2.94. The van der Waals surface area contributed by atoms with E-state index in [1.54, 1.807) is 0 Å². The Morgan fingerprint density at radius 1 is 1.05 bits per heavy atom. The minimum atomic E-state index is -2.74. The summed E-state index contributed by atoms with van der Waals surface area (Å²) in [6.07, 6.45) is -2.29. The van der Waals surface area contributed by atoms with E-state index in [0.717, 1.165) is 0 Å². The number of carboxylic acid groups (broad SMARTS) is 3. The summed E-state index contributed by atoms with van der Waals surface area (Å²) in [5.74, 6) is -5.02. The standard InChI is InChI=1S/C6H14N2.C6H8O7/c1-2-8-5-3-7-4-6-8;7-3(8)1-6(13,5(11)12)2-4(9)10/h7H,2-6H2,1H3;13H,1-2H2,(H,7,8)(H,9,10)(H,11,12). The average Bonchev–Trinajstić information content (AvgIpc) is 2.38. The summed E-state index contributed by atoms with van der Waals surface area (Å²) in [5.41, 5.74) is -2.74. The summed E-state index contributed by atoms with van der Waals surface area (Å²) >= 11 is 0. The molecule has 1 aliphatic rings. The van der Waals surface area contributed by atoms with Crippen LogP contribution in [0.2, 0.25) is 0 Å².